The van der Waals surface area contributed by atoms with Crippen molar-refractivity contribution in [2.24, 2.45) is 0 Å². The fourth-order valence-electron chi connectivity index (χ4n) is 1.08. The lowest BCUT2D eigenvalue weighted by Gasteiger charge is -1.99. The van der Waals surface area contributed by atoms with Gasteiger partial charge in [0.25, 0.3) is 0 Å². The van der Waals surface area contributed by atoms with Gasteiger partial charge in [0.15, 0.2) is 0 Å². The van der Waals surface area contributed by atoms with E-state index < -0.39 is 0 Å². The van der Waals surface area contributed by atoms with Crippen molar-refractivity contribution < 1.29 is 9.53 Å². The topological polar surface area (TPSA) is 38.3 Å². The quantitative estimate of drug-likeness (QED) is 0.589. The summed E-state index contributed by atoms with van der Waals surface area (Å²) in [5, 5.41) is 2.91. The van der Waals surface area contributed by atoms with Crippen LogP contribution in [-0.2, 0) is 16.0 Å². The molecule has 0 bridgehead atoms. The maximum atomic E-state index is 11.3. The number of benzene rings is 1. The Bertz CT molecular complexity index is 320. The molecule has 0 amide bonds. The van der Waals surface area contributed by atoms with Crippen molar-refractivity contribution in [3.05, 3.63) is 48.4 Å². The van der Waals surface area contributed by atoms with Gasteiger partial charge in [0.05, 0.1) is 6.42 Å². The Morgan fingerprint density at radius 2 is 2.13 bits per heavy atom. The minimum absolute atomic E-state index is 0.254. The molecule has 0 radical (unpaired) electrons. The van der Waals surface area contributed by atoms with Gasteiger partial charge in [-0.05, 0) is 12.5 Å². The summed E-state index contributed by atoms with van der Waals surface area (Å²) in [6.45, 7) is 2.78. The first kappa shape index (κ1) is 11.3. The van der Waals surface area contributed by atoms with Crippen LogP contribution in [0, 0.1) is 0 Å². The second-order valence-electron chi connectivity index (χ2n) is 3.01. The van der Waals surface area contributed by atoms with Gasteiger partial charge in [0, 0.05) is 12.7 Å². The SMILES string of the molecule is CCNC=COC(=O)Cc1ccccc1. The van der Waals surface area contributed by atoms with E-state index in [0.29, 0.717) is 6.42 Å². The van der Waals surface area contributed by atoms with Gasteiger partial charge >= 0.3 is 5.97 Å². The monoisotopic (exact) mass is 205 g/mol. The van der Waals surface area contributed by atoms with Gasteiger partial charge in [0.2, 0.25) is 0 Å². The second kappa shape index (κ2) is 6.65. The van der Waals surface area contributed by atoms with Gasteiger partial charge in [0.1, 0.15) is 6.26 Å². The van der Waals surface area contributed by atoms with E-state index in [9.17, 15) is 4.79 Å². The van der Waals surface area contributed by atoms with Crippen molar-refractivity contribution in [3.8, 4) is 0 Å². The molecule has 3 nitrogen and oxygen atoms in total. The third-order valence-corrected chi connectivity index (χ3v) is 1.78. The molecule has 0 saturated carbocycles. The maximum Gasteiger partial charge on any atom is 0.315 e. The van der Waals surface area contributed by atoms with Crippen molar-refractivity contribution in [1.82, 2.24) is 5.32 Å². The Hall–Kier alpha value is -1.77. The van der Waals surface area contributed by atoms with Gasteiger partial charge in [-0.3, -0.25) is 4.79 Å². The lowest BCUT2D eigenvalue weighted by molar-refractivity contribution is -0.137. The Balaban J connectivity index is 2.31. The van der Waals surface area contributed by atoms with Crippen LogP contribution in [0.15, 0.2) is 42.8 Å². The van der Waals surface area contributed by atoms with Gasteiger partial charge in [-0.2, -0.15) is 0 Å². The zero-order chi connectivity index (χ0) is 10.9. The van der Waals surface area contributed by atoms with Crippen molar-refractivity contribution in [3.63, 3.8) is 0 Å². The Labute approximate surface area is 89.8 Å². The van der Waals surface area contributed by atoms with Gasteiger partial charge < -0.3 is 10.1 Å². The summed E-state index contributed by atoms with van der Waals surface area (Å²) in [6.07, 6.45) is 3.29. The Morgan fingerprint density at radius 1 is 1.40 bits per heavy atom. The fourth-order valence-corrected chi connectivity index (χ4v) is 1.08. The van der Waals surface area contributed by atoms with E-state index in [1.165, 1.54) is 6.26 Å². The van der Waals surface area contributed by atoms with Crippen LogP contribution in [-0.4, -0.2) is 12.5 Å². The zero-order valence-corrected chi connectivity index (χ0v) is 8.77. The summed E-state index contributed by atoms with van der Waals surface area (Å²) >= 11 is 0. The number of carbonyl (C=O) groups excluding carboxylic acids is 1. The standard InChI is InChI=1S/C12H15NO2/c1-2-13-8-9-15-12(14)10-11-6-4-3-5-7-11/h3-9,13H,2,10H2,1H3. The third kappa shape index (κ3) is 4.86. The summed E-state index contributed by atoms with van der Waals surface area (Å²) in [4.78, 5) is 11.3. The Morgan fingerprint density at radius 3 is 2.80 bits per heavy atom. The number of nitrogens with one attached hydrogen (secondary N) is 1. The van der Waals surface area contributed by atoms with E-state index in [2.05, 4.69) is 5.32 Å². The van der Waals surface area contributed by atoms with Crippen LogP contribution in [0.2, 0.25) is 0 Å². The first-order valence-electron chi connectivity index (χ1n) is 4.94. The molecule has 0 aliphatic heterocycles. The first-order chi connectivity index (χ1) is 7.33. The number of esters is 1. The van der Waals surface area contributed by atoms with Gasteiger partial charge in [-0.15, -0.1) is 0 Å². The molecule has 0 unspecified atom stereocenters. The lowest BCUT2D eigenvalue weighted by Crippen LogP contribution is -2.06. The molecule has 80 valence electrons. The molecule has 1 aromatic carbocycles. The minimum Gasteiger partial charge on any atom is -0.433 e. The molecule has 0 aromatic heterocycles. The van der Waals surface area contributed by atoms with E-state index in [4.69, 9.17) is 4.74 Å². The Kier molecular flexibility index (Phi) is 5.01. The van der Waals surface area contributed by atoms with E-state index in [1.54, 1.807) is 6.20 Å². The summed E-state index contributed by atoms with van der Waals surface area (Å²) in [6, 6.07) is 9.51. The van der Waals surface area contributed by atoms with E-state index in [0.717, 1.165) is 12.1 Å². The highest BCUT2D eigenvalue weighted by atomic mass is 16.5. The molecular formula is C12H15NO2. The molecule has 15 heavy (non-hydrogen) atoms. The summed E-state index contributed by atoms with van der Waals surface area (Å²) in [7, 11) is 0. The molecule has 0 saturated heterocycles. The first-order valence-corrected chi connectivity index (χ1v) is 4.94. The molecule has 0 fully saturated rings. The van der Waals surface area contributed by atoms with Crippen molar-refractivity contribution >= 4 is 5.97 Å². The minimum atomic E-state index is -0.254. The van der Waals surface area contributed by atoms with E-state index in [-0.39, 0.29) is 5.97 Å². The molecule has 1 aromatic rings. The molecular weight excluding hydrogens is 190 g/mol. The number of carbonyl (C=O) groups is 1. The second-order valence-corrected chi connectivity index (χ2v) is 3.01. The van der Waals surface area contributed by atoms with Crippen LogP contribution in [0.25, 0.3) is 0 Å². The largest absolute Gasteiger partial charge is 0.433 e. The normalized spacial score (nSPS) is 10.2. The summed E-state index contributed by atoms with van der Waals surface area (Å²) in [5.41, 5.74) is 0.958. The van der Waals surface area contributed by atoms with Crippen LogP contribution in [0.1, 0.15) is 12.5 Å². The molecule has 1 rings (SSSR count). The summed E-state index contributed by atoms with van der Waals surface area (Å²) < 4.78 is 4.87. The smallest absolute Gasteiger partial charge is 0.315 e. The van der Waals surface area contributed by atoms with Crippen molar-refractivity contribution in [2.75, 3.05) is 6.54 Å². The third-order valence-electron chi connectivity index (χ3n) is 1.78. The number of hydrogen-bond donors (Lipinski definition) is 1. The fraction of sp³-hybridized carbons (Fsp3) is 0.250. The maximum absolute atomic E-state index is 11.3. The van der Waals surface area contributed by atoms with E-state index >= 15 is 0 Å². The molecule has 0 aliphatic rings. The lowest BCUT2D eigenvalue weighted by atomic mass is 10.2. The molecule has 0 atom stereocenters. The average Bonchev–Trinajstić information content (AvgIpc) is 2.26. The van der Waals surface area contributed by atoms with Gasteiger partial charge in [-0.25, -0.2) is 0 Å². The number of ether oxygens (including phenoxy) is 1. The van der Waals surface area contributed by atoms with Gasteiger partial charge in [-0.1, -0.05) is 30.3 Å². The van der Waals surface area contributed by atoms with Crippen LogP contribution >= 0.6 is 0 Å². The number of rotatable bonds is 5. The molecule has 0 aliphatic carbocycles. The predicted molar refractivity (Wildman–Crippen MR) is 59.1 cm³/mol. The predicted octanol–water partition coefficient (Wildman–Crippen LogP) is 1.85. The highest BCUT2D eigenvalue weighted by Crippen LogP contribution is 2.00. The molecule has 3 heteroatoms. The molecule has 1 N–H and O–H groups in total. The zero-order valence-electron chi connectivity index (χ0n) is 8.77. The van der Waals surface area contributed by atoms with Crippen LogP contribution in [0.4, 0.5) is 0 Å². The van der Waals surface area contributed by atoms with Crippen LogP contribution < -0.4 is 5.32 Å². The summed E-state index contributed by atoms with van der Waals surface area (Å²) in [5.74, 6) is -0.254. The highest BCUT2D eigenvalue weighted by Gasteiger charge is 2.01. The van der Waals surface area contributed by atoms with Crippen LogP contribution in [0.3, 0.4) is 0 Å². The van der Waals surface area contributed by atoms with Crippen molar-refractivity contribution in [1.29, 1.82) is 0 Å². The van der Waals surface area contributed by atoms with Crippen molar-refractivity contribution in [2.45, 2.75) is 13.3 Å². The van der Waals surface area contributed by atoms with Crippen LogP contribution in [0.5, 0.6) is 0 Å². The molecule has 0 spiro atoms. The highest BCUT2D eigenvalue weighted by molar-refractivity contribution is 5.73. The molecule has 0 heterocycles. The number of hydrogen-bond acceptors (Lipinski definition) is 3. The van der Waals surface area contributed by atoms with E-state index in [1.807, 2.05) is 37.3 Å². The average molecular weight is 205 g/mol.